The van der Waals surface area contributed by atoms with Gasteiger partial charge in [0, 0.05) is 6.42 Å². The lowest BCUT2D eigenvalue weighted by molar-refractivity contribution is 0.156. The first-order valence-electron chi connectivity index (χ1n) is 5.23. The largest absolute Gasteiger partial charge is 0.494 e. The molecule has 1 aliphatic carbocycles. The summed E-state index contributed by atoms with van der Waals surface area (Å²) in [6, 6.07) is 6.14. The molecule has 1 atom stereocenters. The third-order valence-electron chi connectivity index (χ3n) is 2.72. The summed E-state index contributed by atoms with van der Waals surface area (Å²) in [5.74, 6) is 0.948. The van der Waals surface area contributed by atoms with Crippen molar-refractivity contribution in [1.82, 2.24) is 0 Å². The van der Waals surface area contributed by atoms with Gasteiger partial charge in [-0.3, -0.25) is 0 Å². The van der Waals surface area contributed by atoms with Gasteiger partial charge in [0.1, 0.15) is 5.75 Å². The number of aliphatic hydroxyl groups is 1. The summed E-state index contributed by atoms with van der Waals surface area (Å²) in [7, 11) is 0. The summed E-state index contributed by atoms with van der Waals surface area (Å²) < 4.78 is 5.54. The molecule has 2 nitrogen and oxygen atoms in total. The third-order valence-corrected chi connectivity index (χ3v) is 2.72. The van der Waals surface area contributed by atoms with Crippen LogP contribution in [0.5, 0.6) is 5.75 Å². The quantitative estimate of drug-likeness (QED) is 0.776. The SMILES string of the molecule is CCOc1cccc2c1CC(O)CC2. The number of aryl methyl sites for hydroxylation is 1. The lowest BCUT2D eigenvalue weighted by Crippen LogP contribution is -2.19. The van der Waals surface area contributed by atoms with E-state index in [0.29, 0.717) is 6.61 Å². The second kappa shape index (κ2) is 4.01. The lowest BCUT2D eigenvalue weighted by atomic mass is 9.89. The first-order valence-corrected chi connectivity index (χ1v) is 5.23. The Hall–Kier alpha value is -1.02. The fourth-order valence-corrected chi connectivity index (χ4v) is 2.03. The molecule has 0 bridgehead atoms. The molecule has 14 heavy (non-hydrogen) atoms. The van der Waals surface area contributed by atoms with E-state index in [9.17, 15) is 5.11 Å². The van der Waals surface area contributed by atoms with Gasteiger partial charge in [0.15, 0.2) is 0 Å². The van der Waals surface area contributed by atoms with Gasteiger partial charge in [-0.25, -0.2) is 0 Å². The van der Waals surface area contributed by atoms with Crippen LogP contribution in [0.3, 0.4) is 0 Å². The van der Waals surface area contributed by atoms with Crippen molar-refractivity contribution in [2.75, 3.05) is 6.61 Å². The molecule has 1 aliphatic rings. The van der Waals surface area contributed by atoms with Crippen LogP contribution in [0.2, 0.25) is 0 Å². The Bertz CT molecular complexity index is 320. The van der Waals surface area contributed by atoms with Crippen molar-refractivity contribution in [3.63, 3.8) is 0 Å². The smallest absolute Gasteiger partial charge is 0.122 e. The predicted octanol–water partition coefficient (Wildman–Crippen LogP) is 1.93. The molecule has 1 aromatic carbocycles. The zero-order valence-corrected chi connectivity index (χ0v) is 8.49. The van der Waals surface area contributed by atoms with Gasteiger partial charge in [0.25, 0.3) is 0 Å². The number of hydrogen-bond acceptors (Lipinski definition) is 2. The van der Waals surface area contributed by atoms with E-state index < -0.39 is 0 Å². The lowest BCUT2D eigenvalue weighted by Gasteiger charge is -2.22. The van der Waals surface area contributed by atoms with Gasteiger partial charge in [-0.15, -0.1) is 0 Å². The van der Waals surface area contributed by atoms with E-state index >= 15 is 0 Å². The van der Waals surface area contributed by atoms with Gasteiger partial charge in [-0.1, -0.05) is 12.1 Å². The molecule has 0 aliphatic heterocycles. The van der Waals surface area contributed by atoms with Crippen LogP contribution in [-0.4, -0.2) is 17.8 Å². The number of ether oxygens (including phenoxy) is 1. The maximum Gasteiger partial charge on any atom is 0.122 e. The molecule has 1 unspecified atom stereocenters. The minimum Gasteiger partial charge on any atom is -0.494 e. The Morgan fingerprint density at radius 1 is 1.50 bits per heavy atom. The van der Waals surface area contributed by atoms with Gasteiger partial charge in [-0.05, 0) is 37.0 Å². The highest BCUT2D eigenvalue weighted by Gasteiger charge is 2.19. The Morgan fingerprint density at radius 3 is 3.14 bits per heavy atom. The van der Waals surface area contributed by atoms with E-state index in [4.69, 9.17) is 4.74 Å². The van der Waals surface area contributed by atoms with Crippen molar-refractivity contribution >= 4 is 0 Å². The monoisotopic (exact) mass is 192 g/mol. The van der Waals surface area contributed by atoms with Gasteiger partial charge in [0.05, 0.1) is 12.7 Å². The molecule has 1 N–H and O–H groups in total. The summed E-state index contributed by atoms with van der Waals surface area (Å²) in [5, 5.41) is 9.59. The fourth-order valence-electron chi connectivity index (χ4n) is 2.03. The van der Waals surface area contributed by atoms with Crippen LogP contribution in [0, 0.1) is 0 Å². The Morgan fingerprint density at radius 2 is 2.36 bits per heavy atom. The number of benzene rings is 1. The van der Waals surface area contributed by atoms with Crippen LogP contribution in [0.4, 0.5) is 0 Å². The first kappa shape index (κ1) is 9.53. The number of fused-ring (bicyclic) bond motifs is 1. The zero-order chi connectivity index (χ0) is 9.97. The van der Waals surface area contributed by atoms with Crippen molar-refractivity contribution < 1.29 is 9.84 Å². The van der Waals surface area contributed by atoms with Crippen LogP contribution in [0.25, 0.3) is 0 Å². The van der Waals surface area contributed by atoms with Crippen LogP contribution in [0.1, 0.15) is 24.5 Å². The van der Waals surface area contributed by atoms with Crippen molar-refractivity contribution in [2.45, 2.75) is 32.3 Å². The summed E-state index contributed by atoms with van der Waals surface area (Å²) in [6.07, 6.45) is 2.40. The van der Waals surface area contributed by atoms with Crippen LogP contribution >= 0.6 is 0 Å². The number of aliphatic hydroxyl groups excluding tert-OH is 1. The standard InChI is InChI=1S/C12H16O2/c1-2-14-12-5-3-4-9-6-7-10(13)8-11(9)12/h3-5,10,13H,2,6-8H2,1H3. The molecule has 0 fully saturated rings. The fraction of sp³-hybridized carbons (Fsp3) is 0.500. The van der Waals surface area contributed by atoms with Crippen molar-refractivity contribution in [1.29, 1.82) is 0 Å². The average molecular weight is 192 g/mol. The summed E-state index contributed by atoms with van der Waals surface area (Å²) >= 11 is 0. The molecule has 0 radical (unpaired) electrons. The first-order chi connectivity index (χ1) is 6.81. The second-order valence-corrected chi connectivity index (χ2v) is 3.72. The Balaban J connectivity index is 2.33. The zero-order valence-electron chi connectivity index (χ0n) is 8.49. The van der Waals surface area contributed by atoms with Gasteiger partial charge in [-0.2, -0.15) is 0 Å². The highest BCUT2D eigenvalue weighted by Crippen LogP contribution is 2.29. The van der Waals surface area contributed by atoms with Gasteiger partial charge in [0.2, 0.25) is 0 Å². The minimum absolute atomic E-state index is 0.191. The topological polar surface area (TPSA) is 29.5 Å². The molecule has 0 heterocycles. The van der Waals surface area contributed by atoms with E-state index in [1.807, 2.05) is 19.1 Å². The molecular formula is C12H16O2. The predicted molar refractivity (Wildman–Crippen MR) is 55.6 cm³/mol. The highest BCUT2D eigenvalue weighted by molar-refractivity contribution is 5.42. The number of hydrogen-bond donors (Lipinski definition) is 1. The van der Waals surface area contributed by atoms with E-state index in [-0.39, 0.29) is 6.10 Å². The molecule has 2 rings (SSSR count). The number of rotatable bonds is 2. The summed E-state index contributed by atoms with van der Waals surface area (Å²) in [4.78, 5) is 0. The van der Waals surface area contributed by atoms with E-state index in [0.717, 1.165) is 25.0 Å². The average Bonchev–Trinajstić information content (AvgIpc) is 2.19. The van der Waals surface area contributed by atoms with Gasteiger partial charge >= 0.3 is 0 Å². The van der Waals surface area contributed by atoms with Crippen molar-refractivity contribution in [3.05, 3.63) is 29.3 Å². The Kier molecular flexibility index (Phi) is 2.73. The molecule has 2 heteroatoms. The molecule has 0 spiro atoms. The molecule has 0 saturated heterocycles. The third kappa shape index (κ3) is 1.75. The van der Waals surface area contributed by atoms with E-state index in [2.05, 4.69) is 6.07 Å². The molecule has 76 valence electrons. The van der Waals surface area contributed by atoms with Crippen molar-refractivity contribution in [3.8, 4) is 5.75 Å². The summed E-state index contributed by atoms with van der Waals surface area (Å²) in [6.45, 7) is 2.67. The second-order valence-electron chi connectivity index (χ2n) is 3.72. The normalized spacial score (nSPS) is 20.3. The molecule has 0 amide bonds. The van der Waals surface area contributed by atoms with Crippen LogP contribution < -0.4 is 4.74 Å². The van der Waals surface area contributed by atoms with Crippen LogP contribution in [-0.2, 0) is 12.8 Å². The van der Waals surface area contributed by atoms with E-state index in [1.54, 1.807) is 0 Å². The maximum atomic E-state index is 9.59. The van der Waals surface area contributed by atoms with Gasteiger partial charge < -0.3 is 9.84 Å². The molecule has 1 aromatic rings. The maximum absolute atomic E-state index is 9.59. The highest BCUT2D eigenvalue weighted by atomic mass is 16.5. The summed E-state index contributed by atoms with van der Waals surface area (Å²) in [5.41, 5.74) is 2.54. The molecule has 0 aromatic heterocycles. The van der Waals surface area contributed by atoms with Crippen molar-refractivity contribution in [2.24, 2.45) is 0 Å². The molecule has 0 saturated carbocycles. The molecular weight excluding hydrogens is 176 g/mol. The Labute approximate surface area is 84.5 Å². The minimum atomic E-state index is -0.191. The van der Waals surface area contributed by atoms with Crippen LogP contribution in [0.15, 0.2) is 18.2 Å². The van der Waals surface area contributed by atoms with E-state index in [1.165, 1.54) is 11.1 Å².